The van der Waals surface area contributed by atoms with Gasteiger partial charge in [0.05, 0.1) is 19.3 Å². The van der Waals surface area contributed by atoms with Crippen molar-refractivity contribution < 1.29 is 22.9 Å². The Morgan fingerprint density at radius 3 is 2.22 bits per heavy atom. The molecule has 3 atom stereocenters. The Hall–Kier alpha value is -5.00. The van der Waals surface area contributed by atoms with Crippen molar-refractivity contribution in [3.63, 3.8) is 0 Å². The Morgan fingerprint density at radius 1 is 0.960 bits per heavy atom. The molecule has 0 spiro atoms. The first-order valence-electron chi connectivity index (χ1n) is 16.9. The third kappa shape index (κ3) is 5.64. The molecular weight excluding hydrogens is 654 g/mol. The van der Waals surface area contributed by atoms with Crippen LogP contribution in [0, 0.1) is 0 Å². The number of hydrogen-bond donors (Lipinski definition) is 2. The molecule has 2 heterocycles. The third-order valence-corrected chi connectivity index (χ3v) is 11.7. The molecule has 1 unspecified atom stereocenters. The largest absolute Gasteiger partial charge is 0.469 e. The molecule has 0 fully saturated rings. The first kappa shape index (κ1) is 32.2. The number of anilines is 1. The number of aromatic nitrogens is 2. The van der Waals surface area contributed by atoms with Gasteiger partial charge in [-0.15, -0.1) is 0 Å². The number of carbonyl (C=O) groups is 1. The number of ether oxygens (including phenoxy) is 2. The molecule has 0 bridgehead atoms. The van der Waals surface area contributed by atoms with E-state index in [-0.39, 0.29) is 23.3 Å². The topological polar surface area (TPSA) is 107 Å². The second-order valence-corrected chi connectivity index (χ2v) is 14.9. The van der Waals surface area contributed by atoms with Gasteiger partial charge in [-0.25, -0.2) is 22.8 Å². The molecule has 50 heavy (non-hydrogen) atoms. The summed E-state index contributed by atoms with van der Waals surface area (Å²) in [6, 6.07) is 30.3. The normalized spacial score (nSPS) is 18.8. The van der Waals surface area contributed by atoms with E-state index in [0.717, 1.165) is 58.2 Å². The van der Waals surface area contributed by atoms with Crippen molar-refractivity contribution in [2.45, 2.75) is 61.4 Å². The van der Waals surface area contributed by atoms with Crippen LogP contribution >= 0.6 is 0 Å². The molecule has 9 nitrogen and oxygen atoms in total. The van der Waals surface area contributed by atoms with Crippen molar-refractivity contribution in [3.8, 4) is 5.88 Å². The molecule has 2 N–H and O–H groups in total. The molecule has 8 rings (SSSR count). The van der Waals surface area contributed by atoms with E-state index in [9.17, 15) is 9.18 Å². The number of alkyl halides is 1. The maximum Gasteiger partial charge on any atom is 0.331 e. The van der Waals surface area contributed by atoms with Gasteiger partial charge in [-0.2, -0.15) is 9.46 Å². The summed E-state index contributed by atoms with van der Waals surface area (Å²) in [5.41, 5.74) is 5.40. The van der Waals surface area contributed by atoms with E-state index < -0.39 is 27.7 Å². The smallest absolute Gasteiger partial charge is 0.331 e. The predicted octanol–water partition coefficient (Wildman–Crippen LogP) is 6.77. The summed E-state index contributed by atoms with van der Waals surface area (Å²) in [5, 5.41) is 7.56. The van der Waals surface area contributed by atoms with E-state index in [1.54, 1.807) is 11.8 Å². The highest BCUT2D eigenvalue weighted by Gasteiger charge is 2.41. The average molecular weight is 692 g/mol. The number of fused-ring (bicyclic) bond motifs is 3. The molecule has 1 aromatic heterocycles. The van der Waals surface area contributed by atoms with Crippen molar-refractivity contribution >= 4 is 21.6 Å². The molecule has 0 saturated carbocycles. The number of benzene rings is 4. The highest BCUT2D eigenvalue weighted by Crippen LogP contribution is 2.44. The molecule has 3 aliphatic rings. The fourth-order valence-corrected chi connectivity index (χ4v) is 9.53. The fraction of sp³-hybridized carbons (Fsp3) is 0.282. The number of amides is 2. The van der Waals surface area contributed by atoms with Crippen LogP contribution in [0.2, 0.25) is 0 Å². The van der Waals surface area contributed by atoms with Crippen molar-refractivity contribution in [2.24, 2.45) is 4.36 Å². The second-order valence-electron chi connectivity index (χ2n) is 13.1. The van der Waals surface area contributed by atoms with Crippen molar-refractivity contribution in [1.82, 2.24) is 14.5 Å². The van der Waals surface area contributed by atoms with E-state index in [2.05, 4.69) is 21.2 Å². The summed E-state index contributed by atoms with van der Waals surface area (Å²) < 4.78 is 52.1. The quantitative estimate of drug-likeness (QED) is 0.166. The lowest BCUT2D eigenvalue weighted by atomic mass is 9.78. The van der Waals surface area contributed by atoms with Crippen LogP contribution in [0.15, 0.2) is 113 Å². The maximum absolute atomic E-state index is 16.0. The lowest BCUT2D eigenvalue weighted by Gasteiger charge is -2.33. The standard InChI is InChI=1S/C39H38FN5O4S/c1-48-25-32-24-45-37(49-32)35(23-41-45)50(47,43-38(46)42-36-33-19-11-12-26(33)20-27-21-31(40)22-34(27)36)44-39(28-13-5-2-6-14-28,29-15-7-3-8-16-29)30-17-9-4-10-18-30/h2-10,13-18,20,23,31-32H,11-12,19,21-22,24-25H2,1H3,(H2,42,43,44,46,47)/t31-,32-,50?/m0/s1. The van der Waals surface area contributed by atoms with Gasteiger partial charge in [-0.3, -0.25) is 0 Å². The number of halogens is 1. The van der Waals surface area contributed by atoms with E-state index in [1.807, 2.05) is 91.0 Å². The van der Waals surface area contributed by atoms with Gasteiger partial charge in [0, 0.05) is 25.6 Å². The van der Waals surface area contributed by atoms with Crippen LogP contribution < -0.4 is 14.8 Å². The lowest BCUT2D eigenvalue weighted by molar-refractivity contribution is 0.0920. The predicted molar refractivity (Wildman–Crippen MR) is 189 cm³/mol. The Morgan fingerprint density at radius 2 is 1.60 bits per heavy atom. The number of nitrogens with one attached hydrogen (secondary N) is 2. The maximum atomic E-state index is 16.0. The third-order valence-electron chi connectivity index (χ3n) is 9.84. The van der Waals surface area contributed by atoms with E-state index in [0.29, 0.717) is 25.3 Å². The number of carbonyl (C=O) groups excluding carboxylic acids is 1. The summed E-state index contributed by atoms with van der Waals surface area (Å²) in [6.45, 7) is 0.690. The van der Waals surface area contributed by atoms with Crippen LogP contribution in [0.3, 0.4) is 0 Å². The van der Waals surface area contributed by atoms with Gasteiger partial charge < -0.3 is 14.8 Å². The molecule has 0 radical (unpaired) electrons. The van der Waals surface area contributed by atoms with Crippen LogP contribution in [-0.2, 0) is 52.4 Å². The molecule has 1 aliphatic heterocycles. The van der Waals surface area contributed by atoms with Gasteiger partial charge in [0.25, 0.3) is 0 Å². The summed E-state index contributed by atoms with van der Waals surface area (Å²) in [4.78, 5) is 14.5. The minimum atomic E-state index is -3.91. The van der Waals surface area contributed by atoms with Gasteiger partial charge in [0.1, 0.15) is 22.7 Å². The molecule has 256 valence electrons. The Labute approximate surface area is 291 Å². The van der Waals surface area contributed by atoms with Crippen LogP contribution in [0.4, 0.5) is 14.9 Å². The zero-order valence-electron chi connectivity index (χ0n) is 27.7. The van der Waals surface area contributed by atoms with Crippen molar-refractivity contribution in [1.29, 1.82) is 0 Å². The van der Waals surface area contributed by atoms with Crippen molar-refractivity contribution in [3.05, 3.63) is 142 Å². The highest BCUT2D eigenvalue weighted by atomic mass is 32.2. The molecule has 0 saturated heterocycles. The zero-order valence-corrected chi connectivity index (χ0v) is 28.5. The Balaban J connectivity index is 1.33. The summed E-state index contributed by atoms with van der Waals surface area (Å²) in [6.07, 6.45) is 3.25. The number of aryl methyl sites for hydroxylation is 1. The van der Waals surface area contributed by atoms with Crippen LogP contribution in [0.1, 0.15) is 45.4 Å². The van der Waals surface area contributed by atoms with Gasteiger partial charge in [-0.1, -0.05) is 97.1 Å². The first-order chi connectivity index (χ1) is 24.4. The average Bonchev–Trinajstić information content (AvgIpc) is 3.93. The van der Waals surface area contributed by atoms with E-state index in [4.69, 9.17) is 13.8 Å². The minimum absolute atomic E-state index is 0.144. The number of methoxy groups -OCH3 is 1. The number of urea groups is 1. The van der Waals surface area contributed by atoms with Crippen LogP contribution in [-0.4, -0.2) is 46.0 Å². The molecular formula is C39H38FN5O4S. The van der Waals surface area contributed by atoms with Gasteiger partial charge in [0.15, 0.2) is 9.92 Å². The molecule has 4 aromatic carbocycles. The van der Waals surface area contributed by atoms with Crippen molar-refractivity contribution in [2.75, 3.05) is 19.0 Å². The summed E-state index contributed by atoms with van der Waals surface area (Å²) >= 11 is 0. The Kier molecular flexibility index (Phi) is 8.40. The van der Waals surface area contributed by atoms with Gasteiger partial charge >= 0.3 is 6.03 Å². The monoisotopic (exact) mass is 691 g/mol. The SMILES string of the molecule is COC[C@@H]1Cn2ncc(S(=O)(=NC(c3ccccc3)(c3ccccc3)c3ccccc3)NC(=O)Nc3c4c(cc5c3C[C@@H](F)C5)CCC4)c2O1. The summed E-state index contributed by atoms with van der Waals surface area (Å²) in [5.74, 6) is 0.256. The Bertz CT molecular complexity index is 2070. The number of nitrogens with zero attached hydrogens (tertiary/aromatic N) is 3. The number of rotatable bonds is 9. The van der Waals surface area contributed by atoms with E-state index in [1.165, 1.54) is 6.20 Å². The first-order valence-corrected chi connectivity index (χ1v) is 18.4. The highest BCUT2D eigenvalue weighted by molar-refractivity contribution is 7.92. The fourth-order valence-electron chi connectivity index (χ4n) is 7.69. The number of hydrogen-bond acceptors (Lipinski definition) is 6. The van der Waals surface area contributed by atoms with Crippen LogP contribution in [0.25, 0.3) is 0 Å². The summed E-state index contributed by atoms with van der Waals surface area (Å²) in [7, 11) is -2.32. The molecule has 2 amide bonds. The van der Waals surface area contributed by atoms with Gasteiger partial charge in [0.2, 0.25) is 5.88 Å². The molecule has 2 aliphatic carbocycles. The molecule has 5 aromatic rings. The lowest BCUT2D eigenvalue weighted by Crippen LogP contribution is -2.38. The van der Waals surface area contributed by atoms with Gasteiger partial charge in [-0.05, 0) is 58.2 Å². The zero-order chi connectivity index (χ0) is 34.3. The molecule has 11 heteroatoms. The second kappa shape index (κ2) is 13.0. The van der Waals surface area contributed by atoms with Crippen LogP contribution in [0.5, 0.6) is 5.88 Å². The van der Waals surface area contributed by atoms with E-state index >= 15 is 4.21 Å². The minimum Gasteiger partial charge on any atom is -0.469 e.